The van der Waals surface area contributed by atoms with Crippen LogP contribution in [0.1, 0.15) is 42.4 Å². The standard InChI is InChI=1S/C36H40N6O5/c1-25-20-37-32(47-25)22-39-16-12-29(31(21-39)26-6-4-3-5-7-26)34(43)40-18-14-36(45,15-19-40)23-41-24-38-33-30(35(41)44)13-17-42(33)27-8-10-28(46-2)11-9-27/h3-11,13,17,20,24,29,31,45H,12,14-16,18-19,21-23H2,1-2H3/t29-,31+/m1/s1. The van der Waals surface area contributed by atoms with Gasteiger partial charge < -0.3 is 23.7 Å². The van der Waals surface area contributed by atoms with Crippen molar-refractivity contribution in [1.29, 1.82) is 0 Å². The van der Waals surface area contributed by atoms with Gasteiger partial charge in [0.25, 0.3) is 5.56 Å². The van der Waals surface area contributed by atoms with Crippen LogP contribution in [0.3, 0.4) is 0 Å². The van der Waals surface area contributed by atoms with Crippen molar-refractivity contribution < 1.29 is 19.1 Å². The number of carbonyl (C=O) groups is 1. The van der Waals surface area contributed by atoms with Crippen LogP contribution in [0.5, 0.6) is 5.75 Å². The highest BCUT2D eigenvalue weighted by molar-refractivity contribution is 5.80. The van der Waals surface area contributed by atoms with Crippen molar-refractivity contribution in [2.75, 3.05) is 33.3 Å². The van der Waals surface area contributed by atoms with Gasteiger partial charge >= 0.3 is 0 Å². The van der Waals surface area contributed by atoms with Gasteiger partial charge in [-0.2, -0.15) is 0 Å². The number of methoxy groups -OCH3 is 1. The lowest BCUT2D eigenvalue weighted by atomic mass is 9.79. The van der Waals surface area contributed by atoms with Gasteiger partial charge in [-0.1, -0.05) is 30.3 Å². The van der Waals surface area contributed by atoms with Crippen LogP contribution in [-0.2, 0) is 17.9 Å². The minimum atomic E-state index is -1.12. The predicted octanol–water partition coefficient (Wildman–Crippen LogP) is 4.15. The zero-order chi connectivity index (χ0) is 32.5. The van der Waals surface area contributed by atoms with E-state index in [-0.39, 0.29) is 29.8 Å². The van der Waals surface area contributed by atoms with Crippen molar-refractivity contribution >= 4 is 16.9 Å². The molecule has 0 spiro atoms. The maximum Gasteiger partial charge on any atom is 0.262 e. The molecule has 2 saturated heterocycles. The summed E-state index contributed by atoms with van der Waals surface area (Å²) in [6.45, 7) is 5.01. The summed E-state index contributed by atoms with van der Waals surface area (Å²) in [4.78, 5) is 40.7. The van der Waals surface area contributed by atoms with E-state index in [4.69, 9.17) is 9.15 Å². The number of amides is 1. The summed E-state index contributed by atoms with van der Waals surface area (Å²) >= 11 is 0. The molecule has 11 nitrogen and oxygen atoms in total. The maximum atomic E-state index is 14.1. The average molecular weight is 637 g/mol. The van der Waals surface area contributed by atoms with Gasteiger partial charge in [0.1, 0.15) is 17.8 Å². The molecule has 47 heavy (non-hydrogen) atoms. The molecule has 2 aliphatic rings. The number of hydrogen-bond donors (Lipinski definition) is 1. The molecule has 0 bridgehead atoms. The Morgan fingerprint density at radius 2 is 1.81 bits per heavy atom. The zero-order valence-electron chi connectivity index (χ0n) is 26.8. The Labute approximate surface area is 273 Å². The number of aryl methyl sites for hydroxylation is 1. The van der Waals surface area contributed by atoms with Crippen molar-refractivity contribution in [3.05, 3.63) is 107 Å². The second-order valence-corrected chi connectivity index (χ2v) is 12.9. The third-order valence-electron chi connectivity index (χ3n) is 9.76. The molecule has 244 valence electrons. The van der Waals surface area contributed by atoms with Crippen LogP contribution in [0.4, 0.5) is 0 Å². The van der Waals surface area contributed by atoms with Gasteiger partial charge in [-0.05, 0) is 68.6 Å². The number of oxazole rings is 1. The van der Waals surface area contributed by atoms with Gasteiger partial charge in [0.2, 0.25) is 11.8 Å². The molecular weight excluding hydrogens is 596 g/mol. The number of rotatable bonds is 8. The van der Waals surface area contributed by atoms with Crippen molar-refractivity contribution in [1.82, 2.24) is 28.9 Å². The summed E-state index contributed by atoms with van der Waals surface area (Å²) in [5.41, 5.74) is 1.25. The van der Waals surface area contributed by atoms with E-state index in [0.717, 1.165) is 42.3 Å². The third kappa shape index (κ3) is 6.33. The molecule has 2 aliphatic heterocycles. The first-order valence-electron chi connectivity index (χ1n) is 16.2. The van der Waals surface area contributed by atoms with Gasteiger partial charge in [0, 0.05) is 43.4 Å². The molecule has 7 rings (SSSR count). The van der Waals surface area contributed by atoms with E-state index >= 15 is 0 Å². The topological polar surface area (TPSA) is 119 Å². The highest BCUT2D eigenvalue weighted by Crippen LogP contribution is 2.36. The Morgan fingerprint density at radius 1 is 1.04 bits per heavy atom. The lowest BCUT2D eigenvalue weighted by Gasteiger charge is -2.43. The Kier molecular flexibility index (Phi) is 8.42. The van der Waals surface area contributed by atoms with Crippen molar-refractivity contribution in [3.8, 4) is 11.4 Å². The molecule has 0 radical (unpaired) electrons. The number of fused-ring (bicyclic) bond motifs is 1. The van der Waals surface area contributed by atoms with Gasteiger partial charge in [0.15, 0.2) is 5.65 Å². The van der Waals surface area contributed by atoms with E-state index in [0.29, 0.717) is 49.4 Å². The van der Waals surface area contributed by atoms with E-state index < -0.39 is 5.60 Å². The summed E-state index contributed by atoms with van der Waals surface area (Å²) in [6, 6.07) is 19.6. The highest BCUT2D eigenvalue weighted by Gasteiger charge is 2.41. The Balaban J connectivity index is 1.02. The fourth-order valence-electron chi connectivity index (χ4n) is 7.13. The summed E-state index contributed by atoms with van der Waals surface area (Å²) in [6.07, 6.45) is 6.58. The van der Waals surface area contributed by atoms with Crippen LogP contribution in [0, 0.1) is 12.8 Å². The zero-order valence-corrected chi connectivity index (χ0v) is 26.8. The number of hydrogen-bond acceptors (Lipinski definition) is 8. The molecule has 3 aromatic heterocycles. The van der Waals surface area contributed by atoms with E-state index in [1.54, 1.807) is 19.4 Å². The normalized spacial score (nSPS) is 20.0. The molecule has 2 fully saturated rings. The number of piperidine rings is 2. The molecule has 1 amide bonds. The largest absolute Gasteiger partial charge is 0.497 e. The third-order valence-corrected chi connectivity index (χ3v) is 9.76. The number of likely N-dealkylation sites (tertiary alicyclic amines) is 2. The summed E-state index contributed by atoms with van der Waals surface area (Å²) in [5.74, 6) is 2.24. The SMILES string of the molecule is COc1ccc(-n2ccc3c(=O)n(CC4(O)CCN(C(=O)[C@@H]5CCN(Cc6ncc(C)o6)C[C@H]5c5ccccc5)CC4)cnc32)cc1. The molecule has 5 heterocycles. The molecule has 11 heteroatoms. The van der Waals surface area contributed by atoms with E-state index in [9.17, 15) is 14.7 Å². The first kappa shape index (κ1) is 30.9. The van der Waals surface area contributed by atoms with Gasteiger partial charge in [-0.25, -0.2) is 9.97 Å². The number of nitrogens with zero attached hydrogens (tertiary/aromatic N) is 6. The first-order chi connectivity index (χ1) is 22.8. The molecule has 0 unspecified atom stereocenters. The van der Waals surface area contributed by atoms with Gasteiger partial charge in [-0.3, -0.25) is 19.1 Å². The molecule has 0 aliphatic carbocycles. The van der Waals surface area contributed by atoms with E-state index in [1.807, 2.05) is 65.1 Å². The predicted molar refractivity (Wildman–Crippen MR) is 176 cm³/mol. The minimum absolute atomic E-state index is 0.0379. The number of aromatic nitrogens is 4. The van der Waals surface area contributed by atoms with Crippen molar-refractivity contribution in [2.24, 2.45) is 5.92 Å². The number of ether oxygens (including phenoxy) is 1. The van der Waals surface area contributed by atoms with Gasteiger partial charge in [0.05, 0.1) is 37.4 Å². The Bertz CT molecular complexity index is 1910. The van der Waals surface area contributed by atoms with Crippen LogP contribution in [0.25, 0.3) is 16.7 Å². The fourth-order valence-corrected chi connectivity index (χ4v) is 7.13. The summed E-state index contributed by atoms with van der Waals surface area (Å²) in [5, 5.41) is 12.1. The lowest BCUT2D eigenvalue weighted by Crippen LogP contribution is -2.53. The quantitative estimate of drug-likeness (QED) is 0.270. The molecule has 5 aromatic rings. The molecule has 1 N–H and O–H groups in total. The summed E-state index contributed by atoms with van der Waals surface area (Å²) in [7, 11) is 1.62. The first-order valence-corrected chi connectivity index (χ1v) is 16.2. The average Bonchev–Trinajstić information content (AvgIpc) is 3.72. The summed E-state index contributed by atoms with van der Waals surface area (Å²) < 4.78 is 14.3. The smallest absolute Gasteiger partial charge is 0.262 e. The van der Waals surface area contributed by atoms with Crippen LogP contribution >= 0.6 is 0 Å². The van der Waals surface area contributed by atoms with Gasteiger partial charge in [-0.15, -0.1) is 0 Å². The lowest BCUT2D eigenvalue weighted by molar-refractivity contribution is -0.142. The van der Waals surface area contributed by atoms with E-state index in [2.05, 4.69) is 27.0 Å². The Hall–Kier alpha value is -4.74. The fraction of sp³-hybridized carbons (Fsp3) is 0.389. The number of benzene rings is 2. The minimum Gasteiger partial charge on any atom is -0.497 e. The number of carbonyl (C=O) groups excluding carboxylic acids is 1. The second kappa shape index (κ2) is 12.8. The number of aliphatic hydroxyl groups is 1. The van der Waals surface area contributed by atoms with Crippen molar-refractivity contribution in [2.45, 2.75) is 50.8 Å². The highest BCUT2D eigenvalue weighted by atomic mass is 16.5. The maximum absolute atomic E-state index is 14.1. The molecular formula is C36H40N6O5. The van der Waals surface area contributed by atoms with Crippen LogP contribution in [0.2, 0.25) is 0 Å². The molecule has 0 saturated carbocycles. The van der Waals surface area contributed by atoms with Crippen molar-refractivity contribution in [3.63, 3.8) is 0 Å². The van der Waals surface area contributed by atoms with Crippen LogP contribution in [-0.4, -0.2) is 78.8 Å². The Morgan fingerprint density at radius 3 is 2.51 bits per heavy atom. The van der Waals surface area contributed by atoms with E-state index in [1.165, 1.54) is 10.9 Å². The second-order valence-electron chi connectivity index (χ2n) is 12.9. The molecule has 2 atom stereocenters. The van der Waals surface area contributed by atoms with Crippen LogP contribution < -0.4 is 10.3 Å². The molecule has 2 aromatic carbocycles. The monoisotopic (exact) mass is 636 g/mol. The van der Waals surface area contributed by atoms with Crippen LogP contribution in [0.15, 0.2) is 88.6 Å².